The van der Waals surface area contributed by atoms with Gasteiger partial charge < -0.3 is 16.2 Å². The van der Waals surface area contributed by atoms with Crippen LogP contribution in [0.1, 0.15) is 17.0 Å². The molecule has 4 N–H and O–H groups in total. The number of piperidine rings is 1. The lowest BCUT2D eigenvalue weighted by molar-refractivity contribution is -0.153. The van der Waals surface area contributed by atoms with Crippen molar-refractivity contribution in [2.45, 2.75) is 11.6 Å². The summed E-state index contributed by atoms with van der Waals surface area (Å²) < 4.78 is 0. The molecule has 0 aliphatic carbocycles. The fourth-order valence-electron chi connectivity index (χ4n) is 3.45. The Labute approximate surface area is 155 Å². The molecule has 3 rings (SSSR count). The Balaban J connectivity index is 2.18. The van der Waals surface area contributed by atoms with Gasteiger partial charge in [-0.25, -0.2) is 0 Å². The van der Waals surface area contributed by atoms with Crippen molar-refractivity contribution in [3.05, 3.63) is 70.7 Å². The highest BCUT2D eigenvalue weighted by Gasteiger charge is 2.55. The van der Waals surface area contributed by atoms with Crippen LogP contribution in [0, 0.1) is 23.2 Å². The van der Waals surface area contributed by atoms with E-state index in [0.717, 1.165) is 0 Å². The molecule has 2 aromatic rings. The highest BCUT2D eigenvalue weighted by atomic mass is 35.5. The van der Waals surface area contributed by atoms with Crippen molar-refractivity contribution in [2.75, 3.05) is 0 Å². The van der Waals surface area contributed by atoms with Crippen LogP contribution in [0.2, 0.25) is 5.02 Å². The lowest BCUT2D eigenvalue weighted by Gasteiger charge is -2.44. The molecule has 0 radical (unpaired) electrons. The van der Waals surface area contributed by atoms with Gasteiger partial charge in [0.15, 0.2) is 5.72 Å². The van der Waals surface area contributed by atoms with Crippen molar-refractivity contribution >= 4 is 23.4 Å². The Morgan fingerprint density at radius 2 is 1.81 bits per heavy atom. The van der Waals surface area contributed by atoms with E-state index in [1.807, 2.05) is 0 Å². The first-order valence-corrected chi connectivity index (χ1v) is 8.30. The molecule has 1 heterocycles. The van der Waals surface area contributed by atoms with Crippen LogP contribution in [0.15, 0.2) is 54.6 Å². The van der Waals surface area contributed by atoms with Crippen LogP contribution < -0.4 is 11.1 Å². The van der Waals surface area contributed by atoms with Crippen molar-refractivity contribution in [3.63, 3.8) is 0 Å². The first kappa shape index (κ1) is 17.9. The van der Waals surface area contributed by atoms with E-state index in [2.05, 4.69) is 11.4 Å². The van der Waals surface area contributed by atoms with Crippen LogP contribution in [-0.2, 0) is 15.3 Å². The zero-order chi connectivity index (χ0) is 18.9. The molecule has 0 bridgehead atoms. The van der Waals surface area contributed by atoms with Gasteiger partial charge in [0.2, 0.25) is 11.8 Å². The maximum Gasteiger partial charge on any atom is 0.235 e. The highest BCUT2D eigenvalue weighted by molar-refractivity contribution is 6.30. The van der Waals surface area contributed by atoms with Crippen LogP contribution in [0.3, 0.4) is 0 Å². The van der Waals surface area contributed by atoms with Crippen LogP contribution in [0.25, 0.3) is 0 Å². The lowest BCUT2D eigenvalue weighted by atomic mass is 9.67. The number of halogens is 1. The van der Waals surface area contributed by atoms with Gasteiger partial charge in [0.1, 0.15) is 11.8 Å². The Morgan fingerprint density at radius 3 is 2.35 bits per heavy atom. The zero-order valence-electron chi connectivity index (χ0n) is 13.6. The molecule has 1 aliphatic rings. The van der Waals surface area contributed by atoms with E-state index in [1.165, 1.54) is 0 Å². The second-order valence-corrected chi connectivity index (χ2v) is 6.62. The van der Waals surface area contributed by atoms with Crippen molar-refractivity contribution in [1.29, 1.82) is 5.26 Å². The molecule has 4 atom stereocenters. The molecule has 1 fully saturated rings. The van der Waals surface area contributed by atoms with E-state index >= 15 is 0 Å². The number of nitrogens with two attached hydrogens (primary N) is 1. The third-order valence-electron chi connectivity index (χ3n) is 4.68. The Hall–Kier alpha value is -2.88. The number of nitrogens with zero attached hydrogens (tertiary/aromatic N) is 1. The summed E-state index contributed by atoms with van der Waals surface area (Å²) in [6.45, 7) is 0. The smallest absolute Gasteiger partial charge is 0.235 e. The van der Waals surface area contributed by atoms with Gasteiger partial charge in [-0.1, -0.05) is 54.1 Å². The highest BCUT2D eigenvalue weighted by Crippen LogP contribution is 2.45. The van der Waals surface area contributed by atoms with E-state index in [0.29, 0.717) is 16.1 Å². The molecule has 0 aromatic heterocycles. The van der Waals surface area contributed by atoms with Crippen LogP contribution in [-0.4, -0.2) is 16.9 Å². The molecular formula is C19H16ClN3O3. The summed E-state index contributed by atoms with van der Waals surface area (Å²) in [5.74, 6) is -4.94. The Bertz CT molecular complexity index is 879. The number of aliphatic hydroxyl groups is 1. The topological polar surface area (TPSA) is 116 Å². The molecule has 6 nitrogen and oxygen atoms in total. The zero-order valence-corrected chi connectivity index (χ0v) is 14.4. The number of benzene rings is 2. The second kappa shape index (κ2) is 6.79. The molecule has 2 amide bonds. The van der Waals surface area contributed by atoms with Crippen LogP contribution in [0.5, 0.6) is 0 Å². The van der Waals surface area contributed by atoms with Gasteiger partial charge in [0.25, 0.3) is 0 Å². The monoisotopic (exact) mass is 369 g/mol. The normalized spacial score (nSPS) is 28.0. The molecular weight excluding hydrogens is 354 g/mol. The van der Waals surface area contributed by atoms with Gasteiger partial charge in [-0.05, 0) is 17.7 Å². The first-order chi connectivity index (χ1) is 12.4. The fourth-order valence-corrected chi connectivity index (χ4v) is 3.58. The number of nitriles is 1. The largest absolute Gasteiger partial charge is 0.369 e. The summed E-state index contributed by atoms with van der Waals surface area (Å²) in [7, 11) is 0. The predicted molar refractivity (Wildman–Crippen MR) is 94.5 cm³/mol. The average molecular weight is 370 g/mol. The van der Waals surface area contributed by atoms with Gasteiger partial charge in [0, 0.05) is 16.5 Å². The molecule has 2 aromatic carbocycles. The third kappa shape index (κ3) is 2.92. The Kier molecular flexibility index (Phi) is 4.68. The van der Waals surface area contributed by atoms with E-state index < -0.39 is 35.3 Å². The molecule has 0 spiro atoms. The van der Waals surface area contributed by atoms with E-state index in [1.54, 1.807) is 54.6 Å². The molecule has 0 saturated carbocycles. The van der Waals surface area contributed by atoms with Crippen molar-refractivity contribution in [2.24, 2.45) is 17.6 Å². The molecule has 132 valence electrons. The number of nitrogens with one attached hydrogen (secondary N) is 1. The van der Waals surface area contributed by atoms with Crippen molar-refractivity contribution in [3.8, 4) is 6.07 Å². The standard InChI is InChI=1S/C19H16ClN3O3/c20-13-8-6-11(7-9-13)15-14(10-21)19(26,12-4-2-1-3-5-12)23-18(25)16(15)17(22)24/h1-9,14-16,26H,(H2,22,24)(H,23,25)/t14-,15+,16-,19-/m1/s1. The summed E-state index contributed by atoms with van der Waals surface area (Å²) in [5, 5.41) is 23.9. The van der Waals surface area contributed by atoms with E-state index in [4.69, 9.17) is 17.3 Å². The molecule has 1 aliphatic heterocycles. The van der Waals surface area contributed by atoms with Crippen LogP contribution >= 0.6 is 11.6 Å². The third-order valence-corrected chi connectivity index (χ3v) is 4.93. The number of carbonyl (C=O) groups excluding carboxylic acids is 2. The van der Waals surface area contributed by atoms with Crippen molar-refractivity contribution in [1.82, 2.24) is 5.32 Å². The maximum absolute atomic E-state index is 12.6. The summed E-state index contributed by atoms with van der Waals surface area (Å²) in [4.78, 5) is 24.6. The minimum absolute atomic E-state index is 0.349. The number of carbonyl (C=O) groups is 2. The van der Waals surface area contributed by atoms with Gasteiger partial charge in [-0.3, -0.25) is 9.59 Å². The van der Waals surface area contributed by atoms with Gasteiger partial charge in [-0.2, -0.15) is 5.26 Å². The minimum atomic E-state index is -1.96. The summed E-state index contributed by atoms with van der Waals surface area (Å²) in [6, 6.07) is 16.8. The second-order valence-electron chi connectivity index (χ2n) is 6.19. The lowest BCUT2D eigenvalue weighted by Crippen LogP contribution is -2.62. The summed E-state index contributed by atoms with van der Waals surface area (Å²) in [6.07, 6.45) is 0. The van der Waals surface area contributed by atoms with Crippen LogP contribution in [0.4, 0.5) is 0 Å². The molecule has 0 unspecified atom stereocenters. The number of hydrogen-bond donors (Lipinski definition) is 3. The minimum Gasteiger partial charge on any atom is -0.369 e. The summed E-state index contributed by atoms with van der Waals surface area (Å²) in [5.41, 5.74) is 4.36. The molecule has 26 heavy (non-hydrogen) atoms. The van der Waals surface area contributed by atoms with Gasteiger partial charge in [-0.15, -0.1) is 0 Å². The van der Waals surface area contributed by atoms with Gasteiger partial charge in [0.05, 0.1) is 6.07 Å². The number of rotatable bonds is 3. The van der Waals surface area contributed by atoms with E-state index in [9.17, 15) is 20.0 Å². The fraction of sp³-hybridized carbons (Fsp3) is 0.211. The Morgan fingerprint density at radius 1 is 1.19 bits per heavy atom. The quantitative estimate of drug-likeness (QED) is 0.713. The molecule has 1 saturated heterocycles. The number of amides is 2. The number of hydrogen-bond acceptors (Lipinski definition) is 4. The van der Waals surface area contributed by atoms with E-state index in [-0.39, 0.29) is 0 Å². The van der Waals surface area contributed by atoms with Crippen molar-refractivity contribution < 1.29 is 14.7 Å². The van der Waals surface area contributed by atoms with Gasteiger partial charge >= 0.3 is 0 Å². The average Bonchev–Trinajstić information content (AvgIpc) is 2.62. The maximum atomic E-state index is 12.6. The predicted octanol–water partition coefficient (Wildman–Crippen LogP) is 1.64. The first-order valence-electron chi connectivity index (χ1n) is 7.93. The SMILES string of the molecule is N#C[C@@H]1[C@H](c2ccc(Cl)cc2)[C@H](C(N)=O)C(=O)N[C@@]1(O)c1ccccc1. The summed E-state index contributed by atoms with van der Waals surface area (Å²) >= 11 is 5.92. The number of primary amides is 1. The molecule has 7 heteroatoms.